The van der Waals surface area contributed by atoms with Crippen LogP contribution in [0.25, 0.3) is 11.0 Å². The third kappa shape index (κ3) is 5.86. The molecule has 0 fully saturated rings. The molecule has 4 aromatic rings. The normalized spacial score (nSPS) is 12.2. The zero-order chi connectivity index (χ0) is 25.2. The minimum atomic E-state index is -4.11. The topological polar surface area (TPSA) is 73.6 Å². The van der Waals surface area contributed by atoms with Crippen molar-refractivity contribution < 1.29 is 17.0 Å². The molecule has 35 heavy (non-hydrogen) atoms. The molecule has 5 nitrogen and oxygen atoms in total. The Morgan fingerprint density at radius 3 is 2.40 bits per heavy atom. The summed E-state index contributed by atoms with van der Waals surface area (Å²) in [4.78, 5) is 13.4. The van der Waals surface area contributed by atoms with E-state index in [1.54, 1.807) is 36.4 Å². The standard InChI is InChI=1S/C28H28O5S2/c1-19-9-14-26(25(15-19)34-18-20-10-12-22(13-11-20)28(2,3)4)35(30,31)33-17-21-16-32-24-8-6-5-7-23(24)27(21)29/h5-16H,17-18H2,1-4H3. The van der Waals surface area contributed by atoms with Crippen LogP contribution in [0.3, 0.4) is 0 Å². The first-order valence-electron chi connectivity index (χ1n) is 11.3. The number of rotatable bonds is 7. The first-order chi connectivity index (χ1) is 16.5. The smallest absolute Gasteiger partial charge is 0.298 e. The Hall–Kier alpha value is -2.87. The molecule has 0 saturated heterocycles. The van der Waals surface area contributed by atoms with Crippen LogP contribution in [0, 0.1) is 6.92 Å². The van der Waals surface area contributed by atoms with Crippen LogP contribution < -0.4 is 5.43 Å². The summed E-state index contributed by atoms with van der Waals surface area (Å²) in [7, 11) is -4.11. The lowest BCUT2D eigenvalue weighted by molar-refractivity contribution is 0.303. The van der Waals surface area contributed by atoms with Crippen molar-refractivity contribution in [3.63, 3.8) is 0 Å². The summed E-state index contributed by atoms with van der Waals surface area (Å²) in [6, 6.07) is 20.3. The second-order valence-electron chi connectivity index (χ2n) is 9.49. The average Bonchev–Trinajstić information content (AvgIpc) is 2.82. The van der Waals surface area contributed by atoms with Crippen LogP contribution in [0.2, 0.25) is 0 Å². The highest BCUT2D eigenvalue weighted by Crippen LogP contribution is 2.32. The summed E-state index contributed by atoms with van der Waals surface area (Å²) in [6.07, 6.45) is 1.26. The number of para-hydroxylation sites is 1. The lowest BCUT2D eigenvalue weighted by atomic mass is 9.87. The third-order valence-corrected chi connectivity index (χ3v) is 8.28. The van der Waals surface area contributed by atoms with Gasteiger partial charge in [-0.25, -0.2) is 0 Å². The van der Waals surface area contributed by atoms with Gasteiger partial charge in [0.1, 0.15) is 16.7 Å². The van der Waals surface area contributed by atoms with Gasteiger partial charge in [-0.05, 0) is 53.3 Å². The molecule has 4 rings (SSSR count). The number of hydrogen-bond donors (Lipinski definition) is 0. The summed E-state index contributed by atoms with van der Waals surface area (Å²) < 4.78 is 37.0. The average molecular weight is 509 g/mol. The largest absolute Gasteiger partial charge is 0.464 e. The van der Waals surface area contributed by atoms with E-state index in [0.29, 0.717) is 21.6 Å². The maximum atomic E-state index is 13.1. The summed E-state index contributed by atoms with van der Waals surface area (Å²) in [5, 5.41) is 0.384. The first-order valence-corrected chi connectivity index (χ1v) is 13.7. The van der Waals surface area contributed by atoms with E-state index in [4.69, 9.17) is 8.60 Å². The van der Waals surface area contributed by atoms with Gasteiger partial charge in [0.25, 0.3) is 10.1 Å². The molecule has 182 valence electrons. The number of hydrogen-bond acceptors (Lipinski definition) is 6. The molecule has 0 N–H and O–H groups in total. The van der Waals surface area contributed by atoms with Crippen molar-refractivity contribution in [1.29, 1.82) is 0 Å². The van der Waals surface area contributed by atoms with Crippen LogP contribution >= 0.6 is 11.8 Å². The van der Waals surface area contributed by atoms with Crippen molar-refractivity contribution in [3.05, 3.63) is 105 Å². The molecule has 0 radical (unpaired) electrons. The quantitative estimate of drug-likeness (QED) is 0.207. The molecular weight excluding hydrogens is 480 g/mol. The minimum Gasteiger partial charge on any atom is -0.464 e. The van der Waals surface area contributed by atoms with E-state index in [1.165, 1.54) is 23.6 Å². The van der Waals surface area contributed by atoms with E-state index >= 15 is 0 Å². The molecule has 0 atom stereocenters. The zero-order valence-corrected chi connectivity index (χ0v) is 21.8. The molecule has 0 aliphatic heterocycles. The Morgan fingerprint density at radius 1 is 0.971 bits per heavy atom. The van der Waals surface area contributed by atoms with Crippen LogP contribution in [0.4, 0.5) is 0 Å². The number of fused-ring (bicyclic) bond motifs is 1. The summed E-state index contributed by atoms with van der Waals surface area (Å²) in [5.41, 5.74) is 3.65. The molecule has 0 bridgehead atoms. The van der Waals surface area contributed by atoms with Gasteiger partial charge in [0, 0.05) is 10.6 Å². The Bertz CT molecular complexity index is 1510. The Morgan fingerprint density at radius 2 is 1.69 bits per heavy atom. The van der Waals surface area contributed by atoms with Gasteiger partial charge < -0.3 is 4.42 Å². The Balaban J connectivity index is 1.53. The maximum Gasteiger partial charge on any atom is 0.298 e. The van der Waals surface area contributed by atoms with E-state index in [1.807, 2.05) is 13.0 Å². The van der Waals surface area contributed by atoms with Gasteiger partial charge >= 0.3 is 0 Å². The predicted molar refractivity (Wildman–Crippen MR) is 140 cm³/mol. The molecule has 0 saturated carbocycles. The van der Waals surface area contributed by atoms with E-state index in [9.17, 15) is 13.2 Å². The van der Waals surface area contributed by atoms with Crippen LogP contribution in [0.1, 0.15) is 43.0 Å². The van der Waals surface area contributed by atoms with E-state index in [0.717, 1.165) is 11.1 Å². The highest BCUT2D eigenvalue weighted by molar-refractivity contribution is 7.99. The molecule has 1 aromatic heterocycles. The van der Waals surface area contributed by atoms with Crippen LogP contribution in [0.15, 0.2) is 92.0 Å². The predicted octanol–water partition coefficient (Wildman–Crippen LogP) is 6.60. The van der Waals surface area contributed by atoms with Gasteiger partial charge in [-0.1, -0.05) is 63.2 Å². The van der Waals surface area contributed by atoms with Crippen molar-refractivity contribution in [2.45, 2.75) is 55.3 Å². The number of aryl methyl sites for hydroxylation is 1. The molecule has 0 unspecified atom stereocenters. The number of benzene rings is 3. The fourth-order valence-corrected chi connectivity index (χ4v) is 6.05. The van der Waals surface area contributed by atoms with Gasteiger partial charge in [0.15, 0.2) is 5.43 Å². The fourth-order valence-electron chi connectivity index (χ4n) is 3.62. The van der Waals surface area contributed by atoms with Crippen LogP contribution in [-0.2, 0) is 32.1 Å². The van der Waals surface area contributed by atoms with Crippen molar-refractivity contribution in [2.24, 2.45) is 0 Å². The molecule has 1 heterocycles. The fraction of sp³-hybridized carbons (Fsp3) is 0.250. The monoisotopic (exact) mass is 508 g/mol. The van der Waals surface area contributed by atoms with E-state index in [-0.39, 0.29) is 21.3 Å². The SMILES string of the molecule is Cc1ccc(S(=O)(=O)OCc2coc3ccccc3c2=O)c(SCc2ccc(C(C)(C)C)cc2)c1. The zero-order valence-electron chi connectivity index (χ0n) is 20.2. The van der Waals surface area contributed by atoms with Gasteiger partial charge in [-0.3, -0.25) is 8.98 Å². The van der Waals surface area contributed by atoms with E-state index < -0.39 is 16.7 Å². The molecule has 0 amide bonds. The molecule has 0 aliphatic rings. The lowest BCUT2D eigenvalue weighted by Crippen LogP contribution is -2.14. The minimum absolute atomic E-state index is 0.0725. The lowest BCUT2D eigenvalue weighted by Gasteiger charge is -2.19. The van der Waals surface area contributed by atoms with Gasteiger partial charge in [0.2, 0.25) is 0 Å². The van der Waals surface area contributed by atoms with Crippen LogP contribution in [0.5, 0.6) is 0 Å². The van der Waals surface area contributed by atoms with Gasteiger partial charge in [-0.2, -0.15) is 8.42 Å². The Labute approximate surface area is 210 Å². The second-order valence-corrected chi connectivity index (χ2v) is 12.1. The summed E-state index contributed by atoms with van der Waals surface area (Å²) >= 11 is 1.44. The highest BCUT2D eigenvalue weighted by atomic mass is 32.2. The van der Waals surface area contributed by atoms with Crippen molar-refractivity contribution in [2.75, 3.05) is 0 Å². The maximum absolute atomic E-state index is 13.1. The second kappa shape index (κ2) is 10.0. The number of thioether (sulfide) groups is 1. The van der Waals surface area contributed by atoms with Gasteiger partial charge in [0.05, 0.1) is 17.6 Å². The Kier molecular flexibility index (Phi) is 7.22. The molecule has 3 aromatic carbocycles. The van der Waals surface area contributed by atoms with E-state index in [2.05, 4.69) is 45.0 Å². The van der Waals surface area contributed by atoms with Crippen molar-refractivity contribution >= 4 is 32.8 Å². The molecular formula is C28H28O5S2. The van der Waals surface area contributed by atoms with Crippen molar-refractivity contribution in [3.8, 4) is 0 Å². The summed E-state index contributed by atoms with van der Waals surface area (Å²) in [5.74, 6) is 0.616. The summed E-state index contributed by atoms with van der Waals surface area (Å²) in [6.45, 7) is 8.02. The highest BCUT2D eigenvalue weighted by Gasteiger charge is 2.22. The van der Waals surface area contributed by atoms with Gasteiger partial charge in [-0.15, -0.1) is 11.8 Å². The molecule has 0 aliphatic carbocycles. The van der Waals surface area contributed by atoms with Crippen molar-refractivity contribution in [1.82, 2.24) is 0 Å². The van der Waals surface area contributed by atoms with Crippen LogP contribution in [-0.4, -0.2) is 8.42 Å². The third-order valence-electron chi connectivity index (χ3n) is 5.70. The first kappa shape index (κ1) is 25.2. The molecule has 0 spiro atoms. The molecule has 7 heteroatoms.